The molecule has 1 saturated carbocycles. The van der Waals surface area contributed by atoms with Gasteiger partial charge in [-0.15, -0.1) is 0 Å². The fourth-order valence-corrected chi connectivity index (χ4v) is 6.50. The summed E-state index contributed by atoms with van der Waals surface area (Å²) in [7, 11) is 1.29. The highest BCUT2D eigenvalue weighted by molar-refractivity contribution is 6.07. The molecular formula is C29H36O9. The molecule has 0 radical (unpaired) electrons. The van der Waals surface area contributed by atoms with Crippen molar-refractivity contribution in [3.63, 3.8) is 0 Å². The molecule has 6 atom stereocenters. The van der Waals surface area contributed by atoms with Crippen LogP contribution < -0.4 is 0 Å². The molecular weight excluding hydrogens is 492 g/mol. The highest BCUT2D eigenvalue weighted by Gasteiger charge is 2.60. The normalized spacial score (nSPS) is 33.5. The van der Waals surface area contributed by atoms with Crippen LogP contribution >= 0.6 is 0 Å². The van der Waals surface area contributed by atoms with Gasteiger partial charge in [-0.3, -0.25) is 19.2 Å². The van der Waals surface area contributed by atoms with E-state index in [9.17, 15) is 24.3 Å². The number of hydrogen-bond donors (Lipinski definition) is 1. The number of aliphatic hydroxyl groups is 1. The minimum Gasteiger partial charge on any atom is -0.472 e. The van der Waals surface area contributed by atoms with Crippen LogP contribution in [0.4, 0.5) is 0 Å². The number of ether oxygens (including phenoxy) is 3. The zero-order valence-corrected chi connectivity index (χ0v) is 22.7. The second kappa shape index (κ2) is 9.93. The van der Waals surface area contributed by atoms with E-state index in [1.165, 1.54) is 20.3 Å². The number of furan rings is 1. The van der Waals surface area contributed by atoms with Crippen LogP contribution in [0.3, 0.4) is 0 Å². The molecule has 1 N–H and O–H groups in total. The lowest BCUT2D eigenvalue weighted by Gasteiger charge is -2.50. The van der Waals surface area contributed by atoms with Crippen molar-refractivity contribution in [1.82, 2.24) is 0 Å². The van der Waals surface area contributed by atoms with Gasteiger partial charge in [0.15, 0.2) is 23.3 Å². The second-order valence-electron chi connectivity index (χ2n) is 11.5. The van der Waals surface area contributed by atoms with E-state index in [4.69, 9.17) is 18.6 Å². The molecule has 0 unspecified atom stereocenters. The lowest BCUT2D eigenvalue weighted by atomic mass is 9.57. The minimum absolute atomic E-state index is 0.0300. The number of allylic oxidation sites excluding steroid dienone is 1. The third-order valence-corrected chi connectivity index (χ3v) is 8.65. The Hall–Kier alpha value is -3.04. The Morgan fingerprint density at radius 2 is 1.92 bits per heavy atom. The Bertz CT molecular complexity index is 1190. The van der Waals surface area contributed by atoms with E-state index in [0.29, 0.717) is 12.0 Å². The van der Waals surface area contributed by atoms with Crippen molar-refractivity contribution < 1.29 is 42.9 Å². The van der Waals surface area contributed by atoms with Crippen molar-refractivity contribution in [2.75, 3.05) is 13.7 Å². The van der Waals surface area contributed by atoms with E-state index in [1.807, 2.05) is 20.8 Å². The van der Waals surface area contributed by atoms with Gasteiger partial charge in [0.25, 0.3) is 0 Å². The average Bonchev–Trinajstić information content (AvgIpc) is 3.39. The summed E-state index contributed by atoms with van der Waals surface area (Å²) >= 11 is 0. The molecule has 9 nitrogen and oxygen atoms in total. The molecule has 3 aliphatic rings. The number of Topliss-reactive ketones (excluding diaryl/α,β-unsaturated/α-hetero) is 2. The van der Waals surface area contributed by atoms with Crippen molar-refractivity contribution in [2.24, 2.45) is 22.7 Å². The van der Waals surface area contributed by atoms with Crippen LogP contribution in [0.5, 0.6) is 0 Å². The maximum absolute atomic E-state index is 14.1. The molecule has 38 heavy (non-hydrogen) atoms. The Kier molecular flexibility index (Phi) is 7.31. The predicted octanol–water partition coefficient (Wildman–Crippen LogP) is 3.66. The first-order valence-corrected chi connectivity index (χ1v) is 12.9. The van der Waals surface area contributed by atoms with Crippen molar-refractivity contribution in [2.45, 2.75) is 71.7 Å². The molecule has 1 aliphatic heterocycles. The number of rotatable bonds is 6. The Morgan fingerprint density at radius 1 is 1.21 bits per heavy atom. The highest BCUT2D eigenvalue weighted by atomic mass is 16.6. The molecule has 1 aromatic heterocycles. The average molecular weight is 529 g/mol. The van der Waals surface area contributed by atoms with Gasteiger partial charge in [-0.05, 0) is 30.2 Å². The van der Waals surface area contributed by atoms with Gasteiger partial charge in [0.2, 0.25) is 0 Å². The SMILES string of the molecule is COC(=O)C[C@@H]1[C@@H](C)C(=O)C([C@@H](OC(C)=O)[C@@]2(O)CC[C@]3(C)C(=CCO[C@H]3c3ccoc3)C2=O)=CC1(C)C. The fourth-order valence-electron chi connectivity index (χ4n) is 6.50. The Labute approximate surface area is 222 Å². The van der Waals surface area contributed by atoms with Crippen LogP contribution in [0.25, 0.3) is 0 Å². The largest absolute Gasteiger partial charge is 0.472 e. The lowest BCUT2D eigenvalue weighted by Crippen LogP contribution is -2.60. The summed E-state index contributed by atoms with van der Waals surface area (Å²) in [6.45, 7) is 8.68. The zero-order chi connectivity index (χ0) is 28.0. The van der Waals surface area contributed by atoms with Gasteiger partial charge in [-0.2, -0.15) is 0 Å². The van der Waals surface area contributed by atoms with E-state index < -0.39 is 52.3 Å². The molecule has 2 aliphatic carbocycles. The van der Waals surface area contributed by atoms with Gasteiger partial charge in [-0.1, -0.05) is 39.8 Å². The second-order valence-corrected chi connectivity index (χ2v) is 11.5. The summed E-state index contributed by atoms with van der Waals surface area (Å²) < 4.78 is 21.7. The summed E-state index contributed by atoms with van der Waals surface area (Å²) in [6, 6.07) is 1.78. The number of fused-ring (bicyclic) bond motifs is 1. The lowest BCUT2D eigenvalue weighted by molar-refractivity contribution is -0.173. The number of hydrogen-bond acceptors (Lipinski definition) is 9. The summed E-state index contributed by atoms with van der Waals surface area (Å²) in [5.41, 5.74) is -2.37. The summed E-state index contributed by atoms with van der Waals surface area (Å²) in [4.78, 5) is 52.1. The molecule has 2 heterocycles. The van der Waals surface area contributed by atoms with Crippen molar-refractivity contribution in [1.29, 1.82) is 0 Å². The molecule has 0 bridgehead atoms. The third-order valence-electron chi connectivity index (χ3n) is 8.65. The van der Waals surface area contributed by atoms with Crippen LogP contribution in [0.15, 0.2) is 46.3 Å². The molecule has 0 amide bonds. The van der Waals surface area contributed by atoms with Crippen LogP contribution in [-0.2, 0) is 33.4 Å². The fraction of sp³-hybridized carbons (Fsp3) is 0.586. The molecule has 9 heteroatoms. The number of carbonyl (C=O) groups excluding carboxylic acids is 4. The Balaban J connectivity index is 1.75. The summed E-state index contributed by atoms with van der Waals surface area (Å²) in [5.74, 6) is -3.14. The number of esters is 2. The summed E-state index contributed by atoms with van der Waals surface area (Å²) in [5, 5.41) is 12.0. The van der Waals surface area contributed by atoms with Gasteiger partial charge in [0, 0.05) is 41.4 Å². The monoisotopic (exact) mass is 528 g/mol. The molecule has 1 fully saturated rings. The van der Waals surface area contributed by atoms with Crippen LogP contribution in [0.1, 0.15) is 65.5 Å². The first-order valence-electron chi connectivity index (χ1n) is 12.9. The van der Waals surface area contributed by atoms with Crippen molar-refractivity contribution in [3.8, 4) is 0 Å². The first kappa shape index (κ1) is 28.0. The van der Waals surface area contributed by atoms with Crippen molar-refractivity contribution >= 4 is 23.5 Å². The number of methoxy groups -OCH3 is 1. The van der Waals surface area contributed by atoms with E-state index in [2.05, 4.69) is 0 Å². The van der Waals surface area contributed by atoms with E-state index >= 15 is 0 Å². The molecule has 4 rings (SSSR count). The van der Waals surface area contributed by atoms with Gasteiger partial charge in [0.05, 0.1) is 32.3 Å². The quantitative estimate of drug-likeness (QED) is 0.550. The summed E-state index contributed by atoms with van der Waals surface area (Å²) in [6.07, 6.45) is 4.76. The van der Waals surface area contributed by atoms with Crippen LogP contribution in [0.2, 0.25) is 0 Å². The number of carbonyl (C=O) groups is 4. The van der Waals surface area contributed by atoms with Crippen LogP contribution in [-0.4, -0.2) is 54.0 Å². The maximum Gasteiger partial charge on any atom is 0.305 e. The van der Waals surface area contributed by atoms with Gasteiger partial charge in [0.1, 0.15) is 0 Å². The Morgan fingerprint density at radius 3 is 2.53 bits per heavy atom. The zero-order valence-electron chi connectivity index (χ0n) is 22.7. The van der Waals surface area contributed by atoms with Gasteiger partial charge < -0.3 is 23.7 Å². The number of ketones is 2. The third kappa shape index (κ3) is 4.56. The minimum atomic E-state index is -2.15. The van der Waals surface area contributed by atoms with Crippen LogP contribution in [0, 0.1) is 22.7 Å². The highest BCUT2D eigenvalue weighted by Crippen LogP contribution is 2.55. The standard InChI is InChI=1S/C29H36O9/c1-16-21(13-22(31)35-6)27(3,4)14-19(23(16)32)26(38-17(2)30)29(34)10-9-28(5)20(24(29)33)8-12-37-25(28)18-7-11-36-15-18/h7-8,11,14-16,21,25-26,34H,9-10,12-13H2,1-6H3/t16-,21-,25+,26-,28-,29-/m1/s1. The van der Waals surface area contributed by atoms with E-state index in [0.717, 1.165) is 5.56 Å². The van der Waals surface area contributed by atoms with Crippen molar-refractivity contribution in [3.05, 3.63) is 47.5 Å². The smallest absolute Gasteiger partial charge is 0.305 e. The van der Waals surface area contributed by atoms with E-state index in [-0.39, 0.29) is 36.7 Å². The maximum atomic E-state index is 14.1. The molecule has 1 aromatic rings. The van der Waals surface area contributed by atoms with Gasteiger partial charge in [-0.25, -0.2) is 0 Å². The van der Waals surface area contributed by atoms with Gasteiger partial charge >= 0.3 is 11.9 Å². The molecule has 0 aromatic carbocycles. The molecule has 0 spiro atoms. The topological polar surface area (TPSA) is 129 Å². The molecule has 206 valence electrons. The molecule has 0 saturated heterocycles. The van der Waals surface area contributed by atoms with E-state index in [1.54, 1.807) is 31.4 Å². The first-order chi connectivity index (χ1) is 17.8. The predicted molar refractivity (Wildman–Crippen MR) is 134 cm³/mol.